The first kappa shape index (κ1) is 18.4. The van der Waals surface area contributed by atoms with E-state index in [2.05, 4.69) is 22.8 Å². The van der Waals surface area contributed by atoms with Crippen molar-refractivity contribution in [2.24, 2.45) is 7.05 Å². The molecule has 2 aromatic carbocycles. The number of halogens is 2. The van der Waals surface area contributed by atoms with E-state index in [1.807, 2.05) is 31.3 Å². The van der Waals surface area contributed by atoms with E-state index < -0.39 is 0 Å². The zero-order chi connectivity index (χ0) is 20.3. The fourth-order valence-corrected chi connectivity index (χ4v) is 5.08. The van der Waals surface area contributed by atoms with Crippen molar-refractivity contribution in [2.45, 2.75) is 0 Å². The molecule has 0 unspecified atom stereocenters. The lowest BCUT2D eigenvalue weighted by atomic mass is 10.1. The van der Waals surface area contributed by atoms with Crippen molar-refractivity contribution in [3.05, 3.63) is 86.2 Å². The second-order valence-electron chi connectivity index (χ2n) is 6.88. The molecular weight excluding hydrogens is 425 g/mol. The van der Waals surface area contributed by atoms with Gasteiger partial charge in [-0.1, -0.05) is 53.5 Å². The van der Waals surface area contributed by atoms with Crippen LogP contribution in [0.2, 0.25) is 10.0 Å². The molecule has 3 nitrogen and oxygen atoms in total. The van der Waals surface area contributed by atoms with Gasteiger partial charge in [-0.2, -0.15) is 0 Å². The monoisotopic (exact) mass is 437 g/mol. The number of thiophene rings is 1. The van der Waals surface area contributed by atoms with E-state index in [1.165, 1.54) is 12.1 Å². The summed E-state index contributed by atoms with van der Waals surface area (Å²) in [6, 6.07) is 17.2. The van der Waals surface area contributed by atoms with Gasteiger partial charge in [0, 0.05) is 28.7 Å². The maximum absolute atomic E-state index is 12.7. The van der Waals surface area contributed by atoms with E-state index in [1.54, 1.807) is 17.4 Å². The lowest BCUT2D eigenvalue weighted by Gasteiger charge is -2.03. The van der Waals surface area contributed by atoms with Gasteiger partial charge in [0.1, 0.15) is 0 Å². The molecule has 0 saturated heterocycles. The number of Topliss-reactive ketones (excluding diaryl/α,β-unsaturated/α-hetero) is 2. The fourth-order valence-electron chi connectivity index (χ4n) is 3.68. The molecule has 0 bridgehead atoms. The number of ketones is 2. The van der Waals surface area contributed by atoms with Crippen LogP contribution in [0.1, 0.15) is 25.6 Å². The van der Waals surface area contributed by atoms with Crippen molar-refractivity contribution >= 4 is 62.4 Å². The summed E-state index contributed by atoms with van der Waals surface area (Å²) in [5.74, 6) is -0.628. The maximum Gasteiger partial charge on any atom is 0.197 e. The predicted octanol–water partition coefficient (Wildman–Crippen LogP) is 6.68. The highest BCUT2D eigenvalue weighted by molar-refractivity contribution is 7.19. The second kappa shape index (κ2) is 6.70. The molecule has 0 saturated carbocycles. The Morgan fingerprint density at radius 3 is 2.10 bits per heavy atom. The molecule has 0 N–H and O–H groups in total. The molecule has 4 aromatic rings. The van der Waals surface area contributed by atoms with Crippen LogP contribution in [0.15, 0.2) is 60.2 Å². The minimum atomic E-state index is -0.314. The first-order chi connectivity index (χ1) is 13.9. The van der Waals surface area contributed by atoms with Gasteiger partial charge in [0.2, 0.25) is 0 Å². The minimum absolute atomic E-state index is 0.146. The highest BCUT2D eigenvalue weighted by Crippen LogP contribution is 2.37. The number of aryl methyl sites for hydroxylation is 1. The van der Waals surface area contributed by atoms with E-state index in [-0.39, 0.29) is 27.2 Å². The van der Waals surface area contributed by atoms with Crippen LogP contribution in [-0.2, 0) is 7.05 Å². The van der Waals surface area contributed by atoms with Gasteiger partial charge in [-0.3, -0.25) is 9.59 Å². The van der Waals surface area contributed by atoms with Gasteiger partial charge in [-0.25, -0.2) is 0 Å². The summed E-state index contributed by atoms with van der Waals surface area (Å²) < 4.78 is 3.22. The summed E-state index contributed by atoms with van der Waals surface area (Å²) in [4.78, 5) is 26.3. The molecule has 5 rings (SSSR count). The van der Waals surface area contributed by atoms with Crippen molar-refractivity contribution in [1.82, 2.24) is 4.57 Å². The highest BCUT2D eigenvalue weighted by atomic mass is 35.5. The third-order valence-electron chi connectivity index (χ3n) is 5.14. The zero-order valence-electron chi connectivity index (χ0n) is 15.2. The van der Waals surface area contributed by atoms with E-state index >= 15 is 0 Å². The van der Waals surface area contributed by atoms with Gasteiger partial charge < -0.3 is 4.57 Å². The molecular formula is C23H13Cl2NO2S. The van der Waals surface area contributed by atoms with Gasteiger partial charge in [-0.05, 0) is 35.9 Å². The Labute approximate surface area is 180 Å². The van der Waals surface area contributed by atoms with E-state index in [4.69, 9.17) is 23.2 Å². The number of carbonyl (C=O) groups excluding carboxylic acids is 2. The zero-order valence-corrected chi connectivity index (χ0v) is 17.5. The summed E-state index contributed by atoms with van der Waals surface area (Å²) in [7, 11) is 2.01. The number of rotatable bonds is 2. The van der Waals surface area contributed by atoms with E-state index in [9.17, 15) is 9.59 Å². The number of allylic oxidation sites excluding steroid dienone is 1. The third kappa shape index (κ3) is 2.87. The Balaban J connectivity index is 1.56. The van der Waals surface area contributed by atoms with Crippen molar-refractivity contribution < 1.29 is 9.59 Å². The predicted molar refractivity (Wildman–Crippen MR) is 119 cm³/mol. The van der Waals surface area contributed by atoms with Crippen LogP contribution in [-0.4, -0.2) is 16.1 Å². The van der Waals surface area contributed by atoms with Gasteiger partial charge in [0.25, 0.3) is 0 Å². The average Bonchev–Trinajstić information content (AvgIpc) is 3.32. The van der Waals surface area contributed by atoms with Crippen LogP contribution >= 0.6 is 34.5 Å². The molecule has 0 radical (unpaired) electrons. The third-order valence-corrected chi connectivity index (χ3v) is 6.89. The van der Waals surface area contributed by atoms with Crippen molar-refractivity contribution in [2.75, 3.05) is 0 Å². The molecule has 2 heterocycles. The minimum Gasteiger partial charge on any atom is -0.343 e. The summed E-state index contributed by atoms with van der Waals surface area (Å²) in [6.07, 6.45) is 1.67. The quantitative estimate of drug-likeness (QED) is 0.259. The Morgan fingerprint density at radius 1 is 0.897 bits per heavy atom. The molecule has 2 aromatic heterocycles. The SMILES string of the molecule is Cn1c(-c2ccccc2)cc2sc(C=C3C(=O)c4cc(Cl)c(Cl)cc4C3=O)cc21. The van der Waals surface area contributed by atoms with E-state index in [0.29, 0.717) is 11.1 Å². The number of benzene rings is 2. The summed E-state index contributed by atoms with van der Waals surface area (Å²) in [6.45, 7) is 0. The Morgan fingerprint density at radius 2 is 1.52 bits per heavy atom. The molecule has 0 amide bonds. The Bertz CT molecular complexity index is 1320. The molecule has 29 heavy (non-hydrogen) atoms. The molecule has 1 aliphatic carbocycles. The topological polar surface area (TPSA) is 39.1 Å². The molecule has 0 atom stereocenters. The second-order valence-corrected chi connectivity index (χ2v) is 8.81. The summed E-state index contributed by atoms with van der Waals surface area (Å²) in [5.41, 5.74) is 4.08. The lowest BCUT2D eigenvalue weighted by Crippen LogP contribution is -1.99. The first-order valence-electron chi connectivity index (χ1n) is 8.89. The van der Waals surface area contributed by atoms with Gasteiger partial charge in [0.15, 0.2) is 11.6 Å². The lowest BCUT2D eigenvalue weighted by molar-refractivity contribution is 0.0990. The van der Waals surface area contributed by atoms with Crippen LogP contribution in [0.3, 0.4) is 0 Å². The van der Waals surface area contributed by atoms with Crippen molar-refractivity contribution in [1.29, 1.82) is 0 Å². The highest BCUT2D eigenvalue weighted by Gasteiger charge is 2.34. The van der Waals surface area contributed by atoms with Crippen LogP contribution in [0.25, 0.3) is 27.6 Å². The number of hydrogen-bond acceptors (Lipinski definition) is 3. The van der Waals surface area contributed by atoms with Gasteiger partial charge in [0.05, 0.1) is 25.8 Å². The number of nitrogens with zero attached hydrogens (tertiary/aromatic N) is 1. The van der Waals surface area contributed by atoms with Crippen LogP contribution in [0, 0.1) is 0 Å². The molecule has 0 aliphatic heterocycles. The summed E-state index contributed by atoms with van der Waals surface area (Å²) >= 11 is 13.6. The standard InChI is InChI=1S/C23H13Cl2NO2S/c1-26-19(12-5-3-2-4-6-12)11-21-20(26)8-13(29-21)7-16-22(27)14-9-17(24)18(25)10-15(14)23(16)28/h2-11H,1H3. The fraction of sp³-hybridized carbons (Fsp3) is 0.0435. The molecule has 0 spiro atoms. The normalized spacial score (nSPS) is 13.4. The number of fused-ring (bicyclic) bond motifs is 2. The Hall–Kier alpha value is -2.66. The van der Waals surface area contributed by atoms with Gasteiger partial charge >= 0.3 is 0 Å². The van der Waals surface area contributed by atoms with Gasteiger partial charge in [-0.15, -0.1) is 11.3 Å². The number of aromatic nitrogens is 1. The molecule has 0 fully saturated rings. The molecule has 1 aliphatic rings. The molecule has 6 heteroatoms. The maximum atomic E-state index is 12.7. The van der Waals surface area contributed by atoms with Crippen LogP contribution < -0.4 is 0 Å². The Kier molecular flexibility index (Phi) is 4.24. The van der Waals surface area contributed by atoms with Crippen molar-refractivity contribution in [3.63, 3.8) is 0 Å². The van der Waals surface area contributed by atoms with Crippen molar-refractivity contribution in [3.8, 4) is 11.3 Å². The first-order valence-corrected chi connectivity index (χ1v) is 10.5. The van der Waals surface area contributed by atoms with Crippen LogP contribution in [0.4, 0.5) is 0 Å². The average molecular weight is 438 g/mol. The van der Waals surface area contributed by atoms with E-state index in [0.717, 1.165) is 26.4 Å². The number of hydrogen-bond donors (Lipinski definition) is 0. The summed E-state index contributed by atoms with van der Waals surface area (Å²) in [5, 5.41) is 0.534. The smallest absolute Gasteiger partial charge is 0.197 e. The molecule has 142 valence electrons. The number of carbonyl (C=O) groups is 2. The largest absolute Gasteiger partial charge is 0.343 e. The van der Waals surface area contributed by atoms with Crippen LogP contribution in [0.5, 0.6) is 0 Å².